The second-order valence-corrected chi connectivity index (χ2v) is 9.29. The third-order valence-corrected chi connectivity index (χ3v) is 7.28. The van der Waals surface area contributed by atoms with Crippen LogP contribution in [0.3, 0.4) is 0 Å². The van der Waals surface area contributed by atoms with Crippen molar-refractivity contribution in [3.8, 4) is 0 Å². The first-order valence-electron chi connectivity index (χ1n) is 8.75. The standard InChI is InChI=1S/C17H25ClN4O3S/c1-19-5-9-21(10-6-19)17(23)15-13-14(3-4-16(15)18)26(24,25)22-11-7-20(2)8-12-22/h3-4,13H,5-12H2,1-2H3. The van der Waals surface area contributed by atoms with Gasteiger partial charge in [-0.1, -0.05) is 11.6 Å². The van der Waals surface area contributed by atoms with E-state index in [2.05, 4.69) is 9.80 Å². The second-order valence-electron chi connectivity index (χ2n) is 6.94. The first-order valence-corrected chi connectivity index (χ1v) is 10.6. The van der Waals surface area contributed by atoms with E-state index in [1.165, 1.54) is 22.5 Å². The van der Waals surface area contributed by atoms with Gasteiger partial charge in [0.25, 0.3) is 5.91 Å². The number of hydrogen-bond donors (Lipinski definition) is 0. The molecule has 0 N–H and O–H groups in total. The highest BCUT2D eigenvalue weighted by atomic mass is 35.5. The van der Waals surface area contributed by atoms with E-state index in [-0.39, 0.29) is 21.4 Å². The Balaban J connectivity index is 1.84. The Morgan fingerprint density at radius 1 is 0.923 bits per heavy atom. The van der Waals surface area contributed by atoms with Gasteiger partial charge in [-0.2, -0.15) is 4.31 Å². The van der Waals surface area contributed by atoms with Crippen LogP contribution in [0.5, 0.6) is 0 Å². The van der Waals surface area contributed by atoms with Crippen LogP contribution in [0.15, 0.2) is 23.1 Å². The number of carbonyl (C=O) groups is 1. The SMILES string of the molecule is CN1CCN(C(=O)c2cc(S(=O)(=O)N3CCN(C)CC3)ccc2Cl)CC1. The van der Waals surface area contributed by atoms with Crippen LogP contribution in [-0.4, -0.2) is 99.8 Å². The zero-order valence-corrected chi connectivity index (χ0v) is 16.8. The van der Waals surface area contributed by atoms with Gasteiger partial charge in [0.2, 0.25) is 10.0 Å². The summed E-state index contributed by atoms with van der Waals surface area (Å²) >= 11 is 6.22. The number of amides is 1. The van der Waals surface area contributed by atoms with Gasteiger partial charge in [0.05, 0.1) is 15.5 Å². The topological polar surface area (TPSA) is 64.2 Å². The summed E-state index contributed by atoms with van der Waals surface area (Å²) in [6, 6.07) is 4.42. The number of carbonyl (C=O) groups excluding carboxylic acids is 1. The molecule has 2 fully saturated rings. The van der Waals surface area contributed by atoms with Crippen molar-refractivity contribution < 1.29 is 13.2 Å². The molecule has 0 atom stereocenters. The van der Waals surface area contributed by atoms with Crippen molar-refractivity contribution in [2.45, 2.75) is 4.90 Å². The highest BCUT2D eigenvalue weighted by molar-refractivity contribution is 7.89. The molecule has 1 aromatic rings. The fourth-order valence-corrected chi connectivity index (χ4v) is 4.83. The van der Waals surface area contributed by atoms with Gasteiger partial charge in [-0.3, -0.25) is 4.79 Å². The van der Waals surface area contributed by atoms with Crippen molar-refractivity contribution >= 4 is 27.5 Å². The molecule has 1 amide bonds. The quantitative estimate of drug-likeness (QED) is 0.746. The van der Waals surface area contributed by atoms with Crippen LogP contribution in [0.4, 0.5) is 0 Å². The number of hydrogen-bond acceptors (Lipinski definition) is 5. The molecule has 9 heteroatoms. The third-order valence-electron chi connectivity index (χ3n) is 5.06. The first-order chi connectivity index (χ1) is 12.3. The van der Waals surface area contributed by atoms with E-state index >= 15 is 0 Å². The Morgan fingerprint density at radius 2 is 1.46 bits per heavy atom. The van der Waals surface area contributed by atoms with E-state index in [4.69, 9.17) is 11.6 Å². The Morgan fingerprint density at radius 3 is 2.04 bits per heavy atom. The Bertz CT molecular complexity index is 770. The van der Waals surface area contributed by atoms with Crippen molar-refractivity contribution in [3.63, 3.8) is 0 Å². The largest absolute Gasteiger partial charge is 0.336 e. The maximum absolute atomic E-state index is 12.9. The lowest BCUT2D eigenvalue weighted by Crippen LogP contribution is -2.47. The van der Waals surface area contributed by atoms with E-state index in [0.717, 1.165) is 13.1 Å². The van der Waals surface area contributed by atoms with Gasteiger partial charge >= 0.3 is 0 Å². The third kappa shape index (κ3) is 4.04. The Hall–Kier alpha value is -1.19. The molecule has 2 aliphatic heterocycles. The van der Waals surface area contributed by atoms with E-state index in [1.54, 1.807) is 4.90 Å². The Kier molecular flexibility index (Phi) is 5.88. The zero-order chi connectivity index (χ0) is 18.9. The molecule has 0 aliphatic carbocycles. The molecule has 26 heavy (non-hydrogen) atoms. The highest BCUT2D eigenvalue weighted by Crippen LogP contribution is 2.25. The summed E-state index contributed by atoms with van der Waals surface area (Å²) in [5, 5.41) is 0.284. The summed E-state index contributed by atoms with van der Waals surface area (Å²) in [6.45, 7) is 5.10. The predicted octanol–water partition coefficient (Wildman–Crippen LogP) is 0.664. The van der Waals surface area contributed by atoms with Crippen molar-refractivity contribution in [1.82, 2.24) is 19.0 Å². The van der Waals surface area contributed by atoms with E-state index < -0.39 is 10.0 Å². The molecule has 0 bridgehead atoms. The molecule has 0 spiro atoms. The molecule has 3 rings (SSSR count). The average Bonchev–Trinajstić information content (AvgIpc) is 2.62. The van der Waals surface area contributed by atoms with Crippen molar-refractivity contribution in [2.75, 3.05) is 66.5 Å². The average molecular weight is 401 g/mol. The predicted molar refractivity (Wildman–Crippen MR) is 101 cm³/mol. The lowest BCUT2D eigenvalue weighted by molar-refractivity contribution is 0.0664. The van der Waals surface area contributed by atoms with Gasteiger partial charge in [0, 0.05) is 52.4 Å². The van der Waals surface area contributed by atoms with Crippen molar-refractivity contribution in [3.05, 3.63) is 28.8 Å². The van der Waals surface area contributed by atoms with Crippen LogP contribution in [0.1, 0.15) is 10.4 Å². The fourth-order valence-electron chi connectivity index (χ4n) is 3.19. The van der Waals surface area contributed by atoms with Gasteiger partial charge < -0.3 is 14.7 Å². The number of benzene rings is 1. The van der Waals surface area contributed by atoms with Gasteiger partial charge in [-0.15, -0.1) is 0 Å². The number of likely N-dealkylation sites (N-methyl/N-ethyl adjacent to an activating group) is 2. The molecule has 0 aromatic heterocycles. The zero-order valence-electron chi connectivity index (χ0n) is 15.2. The number of sulfonamides is 1. The minimum absolute atomic E-state index is 0.129. The maximum Gasteiger partial charge on any atom is 0.255 e. The molecule has 0 unspecified atom stereocenters. The summed E-state index contributed by atoms with van der Waals surface area (Å²) in [7, 11) is 0.355. The summed E-state index contributed by atoms with van der Waals surface area (Å²) in [4.78, 5) is 18.9. The minimum Gasteiger partial charge on any atom is -0.336 e. The normalized spacial score (nSPS) is 21.1. The highest BCUT2D eigenvalue weighted by Gasteiger charge is 2.29. The van der Waals surface area contributed by atoms with Crippen LogP contribution in [0.25, 0.3) is 0 Å². The first kappa shape index (κ1) is 19.6. The van der Waals surface area contributed by atoms with Gasteiger partial charge in [0.1, 0.15) is 0 Å². The lowest BCUT2D eigenvalue weighted by atomic mass is 10.2. The van der Waals surface area contributed by atoms with Crippen LogP contribution in [0.2, 0.25) is 5.02 Å². The number of rotatable bonds is 3. The maximum atomic E-state index is 12.9. The van der Waals surface area contributed by atoms with Crippen molar-refractivity contribution in [1.29, 1.82) is 0 Å². The summed E-state index contributed by atoms with van der Waals surface area (Å²) < 4.78 is 27.3. The smallest absolute Gasteiger partial charge is 0.255 e. The molecule has 1 aromatic carbocycles. The number of halogens is 1. The molecule has 0 radical (unpaired) electrons. The molecular formula is C17H25ClN4O3S. The fraction of sp³-hybridized carbons (Fsp3) is 0.588. The van der Waals surface area contributed by atoms with Crippen LogP contribution in [0, 0.1) is 0 Å². The van der Waals surface area contributed by atoms with Crippen LogP contribution < -0.4 is 0 Å². The summed E-state index contributed by atoms with van der Waals surface area (Å²) in [5.74, 6) is -0.210. The molecular weight excluding hydrogens is 376 g/mol. The minimum atomic E-state index is -3.63. The molecule has 7 nitrogen and oxygen atoms in total. The van der Waals surface area contributed by atoms with Gasteiger partial charge in [-0.25, -0.2) is 8.42 Å². The molecule has 0 saturated carbocycles. The number of piperazine rings is 2. The molecule has 2 heterocycles. The Labute approximate surface area is 160 Å². The van der Waals surface area contributed by atoms with Crippen LogP contribution >= 0.6 is 11.6 Å². The monoisotopic (exact) mass is 400 g/mol. The lowest BCUT2D eigenvalue weighted by Gasteiger charge is -2.33. The van der Waals surface area contributed by atoms with Crippen LogP contribution in [-0.2, 0) is 10.0 Å². The summed E-state index contributed by atoms with van der Waals surface area (Å²) in [5.41, 5.74) is 0.256. The van der Waals surface area contributed by atoms with Gasteiger partial charge in [0.15, 0.2) is 0 Å². The van der Waals surface area contributed by atoms with E-state index in [1.807, 2.05) is 14.1 Å². The van der Waals surface area contributed by atoms with Crippen molar-refractivity contribution in [2.24, 2.45) is 0 Å². The summed E-state index contributed by atoms with van der Waals surface area (Å²) in [6.07, 6.45) is 0. The molecule has 144 valence electrons. The number of nitrogens with zero attached hydrogens (tertiary/aromatic N) is 4. The van der Waals surface area contributed by atoms with E-state index in [9.17, 15) is 13.2 Å². The van der Waals surface area contributed by atoms with E-state index in [0.29, 0.717) is 39.3 Å². The molecule has 2 aliphatic rings. The molecule has 2 saturated heterocycles. The second kappa shape index (κ2) is 7.82. The van der Waals surface area contributed by atoms with Gasteiger partial charge in [-0.05, 0) is 32.3 Å².